The zero-order valence-electron chi connectivity index (χ0n) is 10.7. The normalized spacial score (nSPS) is 35.0. The molecular weight excluding hydrogens is 281 g/mol. The van der Waals surface area contributed by atoms with E-state index < -0.39 is 5.82 Å². The van der Waals surface area contributed by atoms with Gasteiger partial charge in [0, 0.05) is 0 Å². The highest BCUT2D eigenvalue weighted by atomic mass is 35.5. The Morgan fingerprint density at radius 2 is 1.70 bits per heavy atom. The molecule has 2 amide bonds. The molecule has 1 aromatic rings. The highest BCUT2D eigenvalue weighted by Crippen LogP contribution is 2.56. The third-order valence-electron chi connectivity index (χ3n) is 5.09. The van der Waals surface area contributed by atoms with Gasteiger partial charge in [0.25, 0.3) is 0 Å². The first-order valence-electron chi connectivity index (χ1n) is 6.91. The maximum atomic E-state index is 13.2. The summed E-state index contributed by atoms with van der Waals surface area (Å²) < 4.78 is 13.2. The SMILES string of the molecule is O=C1C2C3CCC(C3)C2C(=O)N1c1ccc(F)c(Cl)c1. The van der Waals surface area contributed by atoms with Gasteiger partial charge in [-0.05, 0) is 49.3 Å². The fourth-order valence-corrected chi connectivity index (χ4v) is 4.46. The van der Waals surface area contributed by atoms with Gasteiger partial charge >= 0.3 is 0 Å². The van der Waals surface area contributed by atoms with Crippen molar-refractivity contribution in [3.05, 3.63) is 29.0 Å². The van der Waals surface area contributed by atoms with Gasteiger partial charge in [-0.15, -0.1) is 0 Å². The molecule has 104 valence electrons. The van der Waals surface area contributed by atoms with E-state index >= 15 is 0 Å². The molecule has 0 N–H and O–H groups in total. The fourth-order valence-electron chi connectivity index (χ4n) is 4.29. The quantitative estimate of drug-likeness (QED) is 0.747. The zero-order chi connectivity index (χ0) is 14.0. The summed E-state index contributed by atoms with van der Waals surface area (Å²) in [5.41, 5.74) is 0.389. The zero-order valence-corrected chi connectivity index (χ0v) is 11.4. The predicted molar refractivity (Wildman–Crippen MR) is 71.7 cm³/mol. The Morgan fingerprint density at radius 3 is 2.25 bits per heavy atom. The van der Waals surface area contributed by atoms with E-state index in [2.05, 4.69) is 0 Å². The number of hydrogen-bond donors (Lipinski definition) is 0. The van der Waals surface area contributed by atoms with E-state index in [9.17, 15) is 14.0 Å². The van der Waals surface area contributed by atoms with Crippen LogP contribution in [0.4, 0.5) is 10.1 Å². The summed E-state index contributed by atoms with van der Waals surface area (Å²) in [5.74, 6) is -0.431. The average molecular weight is 294 g/mol. The van der Waals surface area contributed by atoms with Crippen molar-refractivity contribution in [3.63, 3.8) is 0 Å². The summed E-state index contributed by atoms with van der Waals surface area (Å²) in [6.07, 6.45) is 3.09. The van der Waals surface area contributed by atoms with Gasteiger partial charge in [-0.1, -0.05) is 11.6 Å². The smallest absolute Gasteiger partial charge is 0.237 e. The molecule has 5 heteroatoms. The van der Waals surface area contributed by atoms with Crippen LogP contribution in [0.3, 0.4) is 0 Å². The number of hydrogen-bond acceptors (Lipinski definition) is 2. The topological polar surface area (TPSA) is 37.4 Å². The van der Waals surface area contributed by atoms with Gasteiger partial charge < -0.3 is 0 Å². The molecule has 4 rings (SSSR count). The van der Waals surface area contributed by atoms with E-state index in [-0.39, 0.29) is 28.7 Å². The Labute approximate surface area is 120 Å². The lowest BCUT2D eigenvalue weighted by atomic mass is 9.81. The molecule has 0 spiro atoms. The average Bonchev–Trinajstić information content (AvgIpc) is 3.08. The maximum absolute atomic E-state index is 13.2. The van der Waals surface area contributed by atoms with Crippen LogP contribution >= 0.6 is 11.6 Å². The summed E-state index contributed by atoms with van der Waals surface area (Å²) in [7, 11) is 0. The maximum Gasteiger partial charge on any atom is 0.237 e. The Morgan fingerprint density at radius 1 is 1.10 bits per heavy atom. The Kier molecular flexibility index (Phi) is 2.49. The van der Waals surface area contributed by atoms with Crippen LogP contribution in [-0.2, 0) is 9.59 Å². The molecule has 2 saturated carbocycles. The number of anilines is 1. The molecule has 4 atom stereocenters. The number of carbonyl (C=O) groups excluding carboxylic acids is 2. The molecule has 1 aromatic carbocycles. The summed E-state index contributed by atoms with van der Waals surface area (Å²) in [5, 5.41) is -0.0665. The van der Waals surface area contributed by atoms with E-state index in [1.165, 1.54) is 23.1 Å². The molecule has 3 aliphatic rings. The van der Waals surface area contributed by atoms with Crippen molar-refractivity contribution in [2.24, 2.45) is 23.7 Å². The van der Waals surface area contributed by atoms with Crippen molar-refractivity contribution < 1.29 is 14.0 Å². The number of fused-ring (bicyclic) bond motifs is 5. The van der Waals surface area contributed by atoms with Crippen molar-refractivity contribution in [1.82, 2.24) is 0 Å². The Balaban J connectivity index is 1.74. The van der Waals surface area contributed by atoms with Gasteiger partial charge in [0.05, 0.1) is 22.5 Å². The Bertz CT molecular complexity index is 604. The summed E-state index contributed by atoms with van der Waals surface area (Å²) in [4.78, 5) is 26.3. The lowest BCUT2D eigenvalue weighted by Crippen LogP contribution is -2.32. The second kappa shape index (κ2) is 4.04. The van der Waals surface area contributed by atoms with Crippen molar-refractivity contribution in [1.29, 1.82) is 0 Å². The van der Waals surface area contributed by atoms with Gasteiger partial charge in [0.15, 0.2) is 0 Å². The predicted octanol–water partition coefficient (Wildman–Crippen LogP) is 3.01. The first-order chi connectivity index (χ1) is 9.58. The molecule has 0 radical (unpaired) electrons. The molecule has 20 heavy (non-hydrogen) atoms. The number of amides is 2. The van der Waals surface area contributed by atoms with Gasteiger partial charge in [-0.3, -0.25) is 9.59 Å². The number of halogens is 2. The van der Waals surface area contributed by atoms with Crippen LogP contribution in [0.15, 0.2) is 18.2 Å². The van der Waals surface area contributed by atoms with E-state index in [1.807, 2.05) is 0 Å². The second-order valence-corrected chi connectivity index (χ2v) is 6.40. The molecule has 2 aliphatic carbocycles. The monoisotopic (exact) mass is 293 g/mol. The molecular formula is C15H13ClFNO2. The third kappa shape index (κ3) is 1.46. The number of carbonyl (C=O) groups is 2. The van der Waals surface area contributed by atoms with E-state index in [4.69, 9.17) is 11.6 Å². The van der Waals surface area contributed by atoms with Crippen LogP contribution in [0.1, 0.15) is 19.3 Å². The van der Waals surface area contributed by atoms with Gasteiger partial charge in [-0.25, -0.2) is 9.29 Å². The lowest BCUT2D eigenvalue weighted by molar-refractivity contribution is -0.123. The van der Waals surface area contributed by atoms with Crippen LogP contribution in [0.25, 0.3) is 0 Å². The summed E-state index contributed by atoms with van der Waals surface area (Å²) in [6, 6.07) is 4.00. The first kappa shape index (κ1) is 12.3. The van der Waals surface area contributed by atoms with Crippen LogP contribution < -0.4 is 4.90 Å². The molecule has 3 nitrogen and oxygen atoms in total. The highest BCUT2D eigenvalue weighted by molar-refractivity contribution is 6.31. The molecule has 0 aromatic heterocycles. The van der Waals surface area contributed by atoms with E-state index in [0.717, 1.165) is 19.3 Å². The van der Waals surface area contributed by atoms with Crippen molar-refractivity contribution in [2.45, 2.75) is 19.3 Å². The minimum absolute atomic E-state index is 0.0665. The molecule has 4 unspecified atom stereocenters. The van der Waals surface area contributed by atoms with Gasteiger partial charge in [0.1, 0.15) is 5.82 Å². The number of imide groups is 1. The van der Waals surface area contributed by atoms with Crippen LogP contribution in [0, 0.1) is 29.5 Å². The molecule has 1 saturated heterocycles. The first-order valence-corrected chi connectivity index (χ1v) is 7.28. The van der Waals surface area contributed by atoms with Gasteiger partial charge in [0.2, 0.25) is 11.8 Å². The second-order valence-electron chi connectivity index (χ2n) is 6.00. The standard InChI is InChI=1S/C15H13ClFNO2/c16-10-6-9(3-4-11(10)17)18-14(19)12-7-1-2-8(5-7)13(12)15(18)20/h3-4,6-8,12-13H,1-2,5H2. The van der Waals surface area contributed by atoms with E-state index in [0.29, 0.717) is 17.5 Å². The molecule has 1 aliphatic heterocycles. The van der Waals surface area contributed by atoms with Crippen LogP contribution in [0.5, 0.6) is 0 Å². The number of benzene rings is 1. The van der Waals surface area contributed by atoms with Crippen molar-refractivity contribution in [3.8, 4) is 0 Å². The van der Waals surface area contributed by atoms with E-state index in [1.54, 1.807) is 0 Å². The minimum Gasteiger partial charge on any atom is -0.274 e. The number of nitrogens with zero attached hydrogens (tertiary/aromatic N) is 1. The molecule has 2 bridgehead atoms. The largest absolute Gasteiger partial charge is 0.274 e. The summed E-state index contributed by atoms with van der Waals surface area (Å²) in [6.45, 7) is 0. The lowest BCUT2D eigenvalue weighted by Gasteiger charge is -2.19. The van der Waals surface area contributed by atoms with Crippen molar-refractivity contribution >= 4 is 29.1 Å². The minimum atomic E-state index is -0.547. The third-order valence-corrected chi connectivity index (χ3v) is 5.38. The molecule has 1 heterocycles. The molecule has 3 fully saturated rings. The fraction of sp³-hybridized carbons (Fsp3) is 0.467. The van der Waals surface area contributed by atoms with Gasteiger partial charge in [-0.2, -0.15) is 0 Å². The summed E-state index contributed by atoms with van der Waals surface area (Å²) >= 11 is 5.75. The highest BCUT2D eigenvalue weighted by Gasteiger charge is 2.61. The Hall–Kier alpha value is -1.42. The van der Waals surface area contributed by atoms with Crippen LogP contribution in [-0.4, -0.2) is 11.8 Å². The van der Waals surface area contributed by atoms with Crippen molar-refractivity contribution in [2.75, 3.05) is 4.90 Å². The van der Waals surface area contributed by atoms with Crippen LogP contribution in [0.2, 0.25) is 5.02 Å². The number of rotatable bonds is 1.